The van der Waals surface area contributed by atoms with E-state index in [0.717, 1.165) is 54.0 Å². The zero-order valence-corrected chi connectivity index (χ0v) is 13.8. The lowest BCUT2D eigenvalue weighted by atomic mass is 10.1. The van der Waals surface area contributed by atoms with Crippen LogP contribution >= 0.6 is 11.3 Å². The predicted molar refractivity (Wildman–Crippen MR) is 89.7 cm³/mol. The van der Waals surface area contributed by atoms with Gasteiger partial charge in [0.2, 0.25) is 5.13 Å². The average Bonchev–Trinajstić information content (AvgIpc) is 3.05. The Kier molecular flexibility index (Phi) is 4.49. The van der Waals surface area contributed by atoms with Crippen LogP contribution in [0.3, 0.4) is 0 Å². The molecule has 2 heterocycles. The smallest absolute Gasteiger partial charge is 0.208 e. The van der Waals surface area contributed by atoms with Gasteiger partial charge >= 0.3 is 0 Å². The van der Waals surface area contributed by atoms with Gasteiger partial charge in [0.15, 0.2) is 5.78 Å². The van der Waals surface area contributed by atoms with Crippen molar-refractivity contribution in [3.8, 4) is 10.6 Å². The molecule has 0 atom stereocenters. The molecule has 22 heavy (non-hydrogen) atoms. The molecule has 6 heteroatoms. The molecule has 0 radical (unpaired) electrons. The molecule has 2 aromatic rings. The van der Waals surface area contributed by atoms with Crippen LogP contribution in [0.2, 0.25) is 0 Å². The third kappa shape index (κ3) is 3.18. The van der Waals surface area contributed by atoms with E-state index in [-0.39, 0.29) is 5.78 Å². The third-order valence-corrected chi connectivity index (χ3v) is 5.08. The topological polar surface area (TPSA) is 49.3 Å². The van der Waals surface area contributed by atoms with E-state index < -0.39 is 0 Å². The number of rotatable bonds is 4. The van der Waals surface area contributed by atoms with Crippen LogP contribution in [0.1, 0.15) is 24.2 Å². The van der Waals surface area contributed by atoms with Crippen molar-refractivity contribution in [2.24, 2.45) is 0 Å². The molecular weight excluding hydrogens is 296 g/mol. The molecule has 1 aromatic carbocycles. The zero-order chi connectivity index (χ0) is 15.5. The van der Waals surface area contributed by atoms with Gasteiger partial charge in [-0.05, 0) is 13.5 Å². The molecule has 0 spiro atoms. The fourth-order valence-electron chi connectivity index (χ4n) is 2.56. The van der Waals surface area contributed by atoms with Crippen molar-refractivity contribution >= 4 is 22.3 Å². The van der Waals surface area contributed by atoms with Gasteiger partial charge in [-0.2, -0.15) is 0 Å². The molecule has 0 saturated carbocycles. The Morgan fingerprint density at radius 3 is 2.41 bits per heavy atom. The second-order valence-corrected chi connectivity index (χ2v) is 6.40. The van der Waals surface area contributed by atoms with Crippen molar-refractivity contribution in [2.45, 2.75) is 13.8 Å². The summed E-state index contributed by atoms with van der Waals surface area (Å²) < 4.78 is 0. The fourth-order valence-corrected chi connectivity index (χ4v) is 3.46. The predicted octanol–water partition coefficient (Wildman–Crippen LogP) is 2.55. The Morgan fingerprint density at radius 1 is 1.14 bits per heavy atom. The molecule has 116 valence electrons. The van der Waals surface area contributed by atoms with Crippen LogP contribution in [0.4, 0.5) is 5.13 Å². The largest absolute Gasteiger partial charge is 0.344 e. The Bertz CT molecular complexity index is 644. The number of carbonyl (C=O) groups is 1. The van der Waals surface area contributed by atoms with Crippen molar-refractivity contribution in [3.63, 3.8) is 0 Å². The minimum absolute atomic E-state index is 0.0818. The van der Waals surface area contributed by atoms with Gasteiger partial charge in [0.25, 0.3) is 0 Å². The number of Topliss-reactive ketones (excluding diaryl/α,β-unsaturated/α-hetero) is 1. The molecule has 1 aliphatic rings. The highest BCUT2D eigenvalue weighted by molar-refractivity contribution is 7.18. The van der Waals surface area contributed by atoms with Gasteiger partial charge in [-0.3, -0.25) is 4.79 Å². The number of piperazine rings is 1. The summed E-state index contributed by atoms with van der Waals surface area (Å²) in [6.07, 6.45) is 0. The Morgan fingerprint density at radius 2 is 1.82 bits per heavy atom. The fraction of sp³-hybridized carbons (Fsp3) is 0.438. The minimum Gasteiger partial charge on any atom is -0.344 e. The number of benzene rings is 1. The summed E-state index contributed by atoms with van der Waals surface area (Å²) in [6, 6.07) is 7.57. The van der Waals surface area contributed by atoms with Gasteiger partial charge in [-0.15, -0.1) is 10.2 Å². The molecule has 0 unspecified atom stereocenters. The summed E-state index contributed by atoms with van der Waals surface area (Å²) in [5.41, 5.74) is 1.74. The zero-order valence-electron chi connectivity index (χ0n) is 13.0. The summed E-state index contributed by atoms with van der Waals surface area (Å²) in [5.74, 6) is 0.0818. The molecule has 1 aromatic heterocycles. The third-order valence-electron chi connectivity index (χ3n) is 4.04. The highest BCUT2D eigenvalue weighted by Gasteiger charge is 2.19. The highest BCUT2D eigenvalue weighted by atomic mass is 32.1. The summed E-state index contributed by atoms with van der Waals surface area (Å²) in [6.45, 7) is 9.06. The first-order valence-electron chi connectivity index (χ1n) is 7.59. The van der Waals surface area contributed by atoms with E-state index >= 15 is 0 Å². The van der Waals surface area contributed by atoms with Gasteiger partial charge in [-0.25, -0.2) is 0 Å². The summed E-state index contributed by atoms with van der Waals surface area (Å²) in [7, 11) is 0. The van der Waals surface area contributed by atoms with Gasteiger partial charge in [0.1, 0.15) is 5.01 Å². The number of likely N-dealkylation sites (N-methyl/N-ethyl adjacent to an activating group) is 1. The van der Waals surface area contributed by atoms with Crippen LogP contribution in [0, 0.1) is 0 Å². The number of carbonyl (C=O) groups excluding carboxylic acids is 1. The van der Waals surface area contributed by atoms with E-state index in [1.54, 1.807) is 18.3 Å². The van der Waals surface area contributed by atoms with E-state index in [1.165, 1.54) is 0 Å². The van der Waals surface area contributed by atoms with Crippen LogP contribution in [-0.2, 0) is 0 Å². The molecule has 3 rings (SSSR count). The number of aromatic nitrogens is 2. The maximum Gasteiger partial charge on any atom is 0.208 e. The second kappa shape index (κ2) is 6.54. The van der Waals surface area contributed by atoms with Crippen molar-refractivity contribution in [1.29, 1.82) is 0 Å². The quantitative estimate of drug-likeness (QED) is 0.811. The molecule has 0 aliphatic carbocycles. The SMILES string of the molecule is CCN1CCN(c2nnc(-c3ccc(C(C)=O)cc3)s2)CC1. The van der Waals surface area contributed by atoms with Crippen LogP contribution < -0.4 is 4.90 Å². The highest BCUT2D eigenvalue weighted by Crippen LogP contribution is 2.29. The van der Waals surface area contributed by atoms with Crippen LogP contribution in [0.5, 0.6) is 0 Å². The van der Waals surface area contributed by atoms with E-state index in [0.29, 0.717) is 0 Å². The first kappa shape index (κ1) is 15.1. The lowest BCUT2D eigenvalue weighted by molar-refractivity contribution is 0.101. The standard InChI is InChI=1S/C16H20N4OS/c1-3-19-8-10-20(11-9-19)16-18-17-15(22-16)14-6-4-13(5-7-14)12(2)21/h4-7H,3,8-11H2,1-2H3. The molecule has 0 amide bonds. The Labute approximate surface area is 134 Å². The van der Waals surface area contributed by atoms with E-state index in [1.807, 2.05) is 24.3 Å². The first-order chi connectivity index (χ1) is 10.7. The number of anilines is 1. The summed E-state index contributed by atoms with van der Waals surface area (Å²) >= 11 is 1.62. The normalized spacial score (nSPS) is 16.0. The molecule has 0 bridgehead atoms. The lowest BCUT2D eigenvalue weighted by Crippen LogP contribution is -2.46. The van der Waals surface area contributed by atoms with Gasteiger partial charge in [0.05, 0.1) is 0 Å². The van der Waals surface area contributed by atoms with E-state index in [9.17, 15) is 4.79 Å². The maximum absolute atomic E-state index is 11.3. The molecule has 1 saturated heterocycles. The van der Waals surface area contributed by atoms with Crippen LogP contribution in [-0.4, -0.2) is 53.6 Å². The molecule has 1 aliphatic heterocycles. The number of ketones is 1. The molecule has 5 nitrogen and oxygen atoms in total. The minimum atomic E-state index is 0.0818. The van der Waals surface area contributed by atoms with Gasteiger partial charge < -0.3 is 9.80 Å². The Hall–Kier alpha value is -1.79. The van der Waals surface area contributed by atoms with Crippen LogP contribution in [0.15, 0.2) is 24.3 Å². The molecular formula is C16H20N4OS. The molecule has 1 fully saturated rings. The second-order valence-electron chi connectivity index (χ2n) is 5.44. The van der Waals surface area contributed by atoms with Crippen molar-refractivity contribution in [2.75, 3.05) is 37.6 Å². The average molecular weight is 316 g/mol. The monoisotopic (exact) mass is 316 g/mol. The Balaban J connectivity index is 1.72. The molecule has 0 N–H and O–H groups in total. The van der Waals surface area contributed by atoms with Crippen molar-refractivity contribution in [3.05, 3.63) is 29.8 Å². The summed E-state index contributed by atoms with van der Waals surface area (Å²) in [4.78, 5) is 16.1. The lowest BCUT2D eigenvalue weighted by Gasteiger charge is -2.33. The maximum atomic E-state index is 11.3. The van der Waals surface area contributed by atoms with E-state index in [4.69, 9.17) is 0 Å². The number of nitrogens with zero attached hydrogens (tertiary/aromatic N) is 4. The van der Waals surface area contributed by atoms with Crippen molar-refractivity contribution < 1.29 is 4.79 Å². The first-order valence-corrected chi connectivity index (χ1v) is 8.41. The summed E-state index contributed by atoms with van der Waals surface area (Å²) in [5, 5.41) is 10.5. The van der Waals surface area contributed by atoms with Gasteiger partial charge in [0, 0.05) is 37.3 Å². The number of hydrogen-bond donors (Lipinski definition) is 0. The van der Waals surface area contributed by atoms with E-state index in [2.05, 4.69) is 26.9 Å². The van der Waals surface area contributed by atoms with Crippen molar-refractivity contribution in [1.82, 2.24) is 15.1 Å². The number of hydrogen-bond acceptors (Lipinski definition) is 6. The van der Waals surface area contributed by atoms with Gasteiger partial charge in [-0.1, -0.05) is 42.5 Å². The van der Waals surface area contributed by atoms with Crippen LogP contribution in [0.25, 0.3) is 10.6 Å².